The average Bonchev–Trinajstić information content (AvgIpc) is 2.55. The highest BCUT2D eigenvalue weighted by Gasteiger charge is 2.11. The molecule has 0 aliphatic heterocycles. The molecule has 0 fully saturated rings. The summed E-state index contributed by atoms with van der Waals surface area (Å²) in [6.07, 6.45) is 4.60. The fourth-order valence-electron chi connectivity index (χ4n) is 2.21. The van der Waals surface area contributed by atoms with Crippen LogP contribution in [-0.4, -0.2) is 15.0 Å². The maximum atomic E-state index is 11.9. The molecule has 3 aromatic rings. The summed E-state index contributed by atoms with van der Waals surface area (Å²) in [6.45, 7) is 1.77. The van der Waals surface area contributed by atoms with Gasteiger partial charge in [-0.05, 0) is 30.7 Å². The molecule has 0 radical (unpaired) electrons. The Morgan fingerprint density at radius 3 is 2.87 bits per heavy atom. The summed E-state index contributed by atoms with van der Waals surface area (Å²) in [5.74, 6) is 0.914. The summed E-state index contributed by atoms with van der Waals surface area (Å²) in [6, 6.07) is 10.8. The van der Waals surface area contributed by atoms with E-state index in [2.05, 4.69) is 15.0 Å². The Morgan fingerprint density at radius 1 is 1.26 bits per heavy atom. The molecule has 3 rings (SSSR count). The van der Waals surface area contributed by atoms with E-state index < -0.39 is 5.56 Å². The zero-order valence-electron chi connectivity index (χ0n) is 12.3. The van der Waals surface area contributed by atoms with Crippen LogP contribution in [0.5, 0.6) is 11.6 Å². The van der Waals surface area contributed by atoms with E-state index in [1.54, 1.807) is 37.4 Å². The van der Waals surface area contributed by atoms with Crippen molar-refractivity contribution >= 4 is 0 Å². The van der Waals surface area contributed by atoms with E-state index in [0.717, 1.165) is 5.56 Å². The molecule has 1 N–H and O–H groups in total. The molecule has 6 heteroatoms. The van der Waals surface area contributed by atoms with Gasteiger partial charge in [-0.25, -0.2) is 4.98 Å². The minimum Gasteiger partial charge on any atom is -0.437 e. The van der Waals surface area contributed by atoms with E-state index in [1.807, 2.05) is 12.1 Å². The molecule has 2 aromatic heterocycles. The zero-order chi connectivity index (χ0) is 16.2. The number of nitrogens with one attached hydrogen (secondary N) is 1. The number of ether oxygens (including phenoxy) is 1. The van der Waals surface area contributed by atoms with Gasteiger partial charge < -0.3 is 9.72 Å². The van der Waals surface area contributed by atoms with Gasteiger partial charge >= 0.3 is 0 Å². The fourth-order valence-corrected chi connectivity index (χ4v) is 2.21. The van der Waals surface area contributed by atoms with E-state index in [4.69, 9.17) is 4.74 Å². The van der Waals surface area contributed by atoms with Crippen molar-refractivity contribution in [3.63, 3.8) is 0 Å². The van der Waals surface area contributed by atoms with Crippen LogP contribution in [0.1, 0.15) is 11.3 Å². The van der Waals surface area contributed by atoms with Crippen molar-refractivity contribution in [1.82, 2.24) is 15.0 Å². The number of aromatic amines is 1. The van der Waals surface area contributed by atoms with Crippen LogP contribution in [0, 0.1) is 18.3 Å². The molecule has 112 valence electrons. The number of aryl methyl sites for hydroxylation is 1. The van der Waals surface area contributed by atoms with Crippen molar-refractivity contribution < 1.29 is 4.74 Å². The predicted octanol–water partition coefficient (Wildman–Crippen LogP) is 2.80. The molecule has 0 bridgehead atoms. The second-order valence-electron chi connectivity index (χ2n) is 4.86. The van der Waals surface area contributed by atoms with Crippen LogP contribution in [0.25, 0.3) is 11.1 Å². The van der Waals surface area contributed by atoms with Crippen molar-refractivity contribution in [2.24, 2.45) is 0 Å². The van der Waals surface area contributed by atoms with Crippen LogP contribution < -0.4 is 10.3 Å². The van der Waals surface area contributed by atoms with Gasteiger partial charge in [0.05, 0.1) is 6.20 Å². The SMILES string of the molecule is Cc1cc(-c2cccc(Oc3cnccn3)c2)c(C#N)c(=O)[nH]1. The molecule has 0 amide bonds. The average molecular weight is 304 g/mol. The summed E-state index contributed by atoms with van der Waals surface area (Å²) in [4.78, 5) is 22.5. The first-order valence-electron chi connectivity index (χ1n) is 6.85. The van der Waals surface area contributed by atoms with Gasteiger partial charge in [0, 0.05) is 23.7 Å². The van der Waals surface area contributed by atoms with Crippen LogP contribution >= 0.6 is 0 Å². The first kappa shape index (κ1) is 14.5. The van der Waals surface area contributed by atoms with Gasteiger partial charge in [0.2, 0.25) is 5.88 Å². The second-order valence-corrected chi connectivity index (χ2v) is 4.86. The molecular formula is C17H12N4O2. The summed E-state index contributed by atoms with van der Waals surface area (Å²) in [5, 5.41) is 9.24. The molecule has 6 nitrogen and oxygen atoms in total. The van der Waals surface area contributed by atoms with Crippen molar-refractivity contribution in [1.29, 1.82) is 5.26 Å². The van der Waals surface area contributed by atoms with Gasteiger partial charge in [-0.2, -0.15) is 5.26 Å². The Hall–Kier alpha value is -3.46. The predicted molar refractivity (Wildman–Crippen MR) is 84.1 cm³/mol. The highest BCUT2D eigenvalue weighted by atomic mass is 16.5. The van der Waals surface area contributed by atoms with Crippen molar-refractivity contribution in [3.05, 3.63) is 70.5 Å². The number of nitrogens with zero attached hydrogens (tertiary/aromatic N) is 3. The standard InChI is InChI=1S/C17H12N4O2/c1-11-7-14(15(9-18)17(22)21-11)12-3-2-4-13(8-12)23-16-10-19-5-6-20-16/h2-8,10H,1H3,(H,21,22). The maximum Gasteiger partial charge on any atom is 0.266 e. The second kappa shape index (κ2) is 6.12. The van der Waals surface area contributed by atoms with Gasteiger partial charge in [0.25, 0.3) is 5.56 Å². The highest BCUT2D eigenvalue weighted by molar-refractivity contribution is 5.71. The first-order chi connectivity index (χ1) is 11.2. The normalized spacial score (nSPS) is 10.1. The third-order valence-electron chi connectivity index (χ3n) is 3.19. The largest absolute Gasteiger partial charge is 0.437 e. The quantitative estimate of drug-likeness (QED) is 0.803. The monoisotopic (exact) mass is 304 g/mol. The van der Waals surface area contributed by atoms with Gasteiger partial charge in [-0.15, -0.1) is 0 Å². The lowest BCUT2D eigenvalue weighted by molar-refractivity contribution is 0.460. The number of nitriles is 1. The number of pyridine rings is 1. The Balaban J connectivity index is 2.04. The number of benzene rings is 1. The van der Waals surface area contributed by atoms with Gasteiger partial charge in [-0.1, -0.05) is 12.1 Å². The first-order valence-corrected chi connectivity index (χ1v) is 6.85. The lowest BCUT2D eigenvalue weighted by Crippen LogP contribution is -2.12. The van der Waals surface area contributed by atoms with Crippen LogP contribution in [0.2, 0.25) is 0 Å². The summed E-state index contributed by atoms with van der Waals surface area (Å²) >= 11 is 0. The number of hydrogen-bond acceptors (Lipinski definition) is 5. The Labute approximate surface area is 132 Å². The van der Waals surface area contributed by atoms with Crippen molar-refractivity contribution in [2.75, 3.05) is 0 Å². The van der Waals surface area contributed by atoms with Crippen LogP contribution in [0.4, 0.5) is 0 Å². The molecule has 0 atom stereocenters. The van der Waals surface area contributed by atoms with Crippen LogP contribution in [0.3, 0.4) is 0 Å². The van der Waals surface area contributed by atoms with E-state index in [0.29, 0.717) is 22.9 Å². The molecule has 0 aliphatic carbocycles. The van der Waals surface area contributed by atoms with E-state index in [9.17, 15) is 10.1 Å². The smallest absolute Gasteiger partial charge is 0.266 e. The molecule has 0 aliphatic rings. The molecular weight excluding hydrogens is 292 g/mol. The Morgan fingerprint density at radius 2 is 2.13 bits per heavy atom. The molecule has 0 saturated carbocycles. The molecule has 0 saturated heterocycles. The Kier molecular flexibility index (Phi) is 3.85. The lowest BCUT2D eigenvalue weighted by Gasteiger charge is -2.08. The number of H-pyrrole nitrogens is 1. The molecule has 0 spiro atoms. The third kappa shape index (κ3) is 3.09. The van der Waals surface area contributed by atoms with Crippen LogP contribution in [0.15, 0.2) is 53.7 Å². The molecule has 23 heavy (non-hydrogen) atoms. The minimum atomic E-state index is -0.400. The summed E-state index contributed by atoms with van der Waals surface area (Å²) in [5.41, 5.74) is 1.65. The van der Waals surface area contributed by atoms with Crippen LogP contribution in [-0.2, 0) is 0 Å². The summed E-state index contributed by atoms with van der Waals surface area (Å²) in [7, 11) is 0. The van der Waals surface area contributed by atoms with Gasteiger partial charge in [-0.3, -0.25) is 9.78 Å². The number of aromatic nitrogens is 3. The number of rotatable bonds is 3. The topological polar surface area (TPSA) is 91.7 Å². The third-order valence-corrected chi connectivity index (χ3v) is 3.19. The molecule has 0 unspecified atom stereocenters. The molecule has 1 aromatic carbocycles. The maximum absolute atomic E-state index is 11.9. The fraction of sp³-hybridized carbons (Fsp3) is 0.0588. The van der Waals surface area contributed by atoms with Gasteiger partial charge in [0.15, 0.2) is 0 Å². The van der Waals surface area contributed by atoms with E-state index >= 15 is 0 Å². The summed E-state index contributed by atoms with van der Waals surface area (Å²) < 4.78 is 5.63. The Bertz CT molecular complexity index is 943. The van der Waals surface area contributed by atoms with E-state index in [-0.39, 0.29) is 5.56 Å². The van der Waals surface area contributed by atoms with E-state index in [1.165, 1.54) is 12.4 Å². The minimum absolute atomic E-state index is 0.0762. The lowest BCUT2D eigenvalue weighted by atomic mass is 10.0. The number of hydrogen-bond donors (Lipinski definition) is 1. The van der Waals surface area contributed by atoms with Gasteiger partial charge in [0.1, 0.15) is 17.4 Å². The van der Waals surface area contributed by atoms with Crippen molar-refractivity contribution in [3.8, 4) is 28.8 Å². The van der Waals surface area contributed by atoms with Crippen molar-refractivity contribution in [2.45, 2.75) is 6.92 Å². The highest BCUT2D eigenvalue weighted by Crippen LogP contribution is 2.27. The zero-order valence-corrected chi connectivity index (χ0v) is 12.3. The molecule has 2 heterocycles.